The molecule has 8 heteroatoms. The predicted molar refractivity (Wildman–Crippen MR) is 109 cm³/mol. The Morgan fingerprint density at radius 3 is 2.93 bits per heavy atom. The van der Waals surface area contributed by atoms with Crippen LogP contribution in [0.1, 0.15) is 47.3 Å². The van der Waals surface area contributed by atoms with E-state index in [-0.39, 0.29) is 11.8 Å². The van der Waals surface area contributed by atoms with Crippen LogP contribution in [0.5, 0.6) is 0 Å². The summed E-state index contributed by atoms with van der Waals surface area (Å²) in [4.78, 5) is 20.4. The number of rotatable bonds is 5. The topological polar surface area (TPSA) is 88.0 Å². The van der Waals surface area contributed by atoms with Gasteiger partial charge in [-0.2, -0.15) is 0 Å². The second-order valence-electron chi connectivity index (χ2n) is 7.16. The summed E-state index contributed by atoms with van der Waals surface area (Å²) in [6.45, 7) is 6.53. The molecule has 0 aliphatic rings. The van der Waals surface area contributed by atoms with Gasteiger partial charge in [0.2, 0.25) is 0 Å². The number of aromatic nitrogens is 5. The van der Waals surface area contributed by atoms with Crippen LogP contribution >= 0.6 is 11.6 Å². The van der Waals surface area contributed by atoms with E-state index in [1.54, 1.807) is 6.07 Å². The van der Waals surface area contributed by atoms with Crippen LogP contribution in [0.4, 0.5) is 0 Å². The summed E-state index contributed by atoms with van der Waals surface area (Å²) in [6, 6.07) is 7.49. The Morgan fingerprint density at radius 2 is 2.14 bits per heavy atom. The number of amides is 1. The molecule has 0 spiro atoms. The van der Waals surface area contributed by atoms with Crippen LogP contribution in [0.25, 0.3) is 16.7 Å². The molecule has 7 nitrogen and oxygen atoms in total. The second-order valence-corrected chi connectivity index (χ2v) is 7.57. The average molecular weight is 397 g/mol. The molecule has 1 aromatic carbocycles. The van der Waals surface area contributed by atoms with Crippen molar-refractivity contribution in [1.82, 2.24) is 29.9 Å². The Balaban J connectivity index is 1.48. The molecule has 144 valence electrons. The number of H-pyrrole nitrogens is 1. The second kappa shape index (κ2) is 7.24. The van der Waals surface area contributed by atoms with Gasteiger partial charge in [0, 0.05) is 25.1 Å². The van der Waals surface area contributed by atoms with Crippen molar-refractivity contribution in [3.05, 3.63) is 58.3 Å². The minimum Gasteiger partial charge on any atom is -0.351 e. The lowest BCUT2D eigenvalue weighted by Crippen LogP contribution is -2.26. The molecule has 0 atom stereocenters. The van der Waals surface area contributed by atoms with E-state index in [2.05, 4.69) is 25.5 Å². The fourth-order valence-corrected chi connectivity index (χ4v) is 3.59. The maximum atomic E-state index is 12.7. The first-order valence-corrected chi connectivity index (χ1v) is 9.58. The van der Waals surface area contributed by atoms with Crippen molar-refractivity contribution in [3.8, 4) is 0 Å². The monoisotopic (exact) mass is 396 g/mol. The first kappa shape index (κ1) is 18.4. The molecule has 2 N–H and O–H groups in total. The van der Waals surface area contributed by atoms with Gasteiger partial charge in [-0.25, -0.2) is 4.98 Å². The van der Waals surface area contributed by atoms with E-state index in [4.69, 9.17) is 11.6 Å². The Morgan fingerprint density at radius 1 is 1.32 bits per heavy atom. The highest BCUT2D eigenvalue weighted by atomic mass is 35.5. The Hall–Kier alpha value is -2.93. The first-order chi connectivity index (χ1) is 13.4. The van der Waals surface area contributed by atoms with Gasteiger partial charge in [0.25, 0.3) is 5.91 Å². The van der Waals surface area contributed by atoms with Crippen molar-refractivity contribution < 1.29 is 4.79 Å². The van der Waals surface area contributed by atoms with Gasteiger partial charge >= 0.3 is 0 Å². The highest BCUT2D eigenvalue weighted by molar-refractivity contribution is 6.35. The SMILES string of the molecule is Cc1cc(Cl)c2nc(CCNC(=O)c3cccn4c(C(C)C)nnc34)[nH]c2c1. The lowest BCUT2D eigenvalue weighted by atomic mass is 10.2. The zero-order valence-corrected chi connectivity index (χ0v) is 16.7. The third-order valence-electron chi connectivity index (χ3n) is 4.60. The number of aryl methyl sites for hydroxylation is 1. The number of benzene rings is 1. The molecule has 4 aromatic rings. The number of carbonyl (C=O) groups excluding carboxylic acids is 1. The average Bonchev–Trinajstić information content (AvgIpc) is 3.25. The highest BCUT2D eigenvalue weighted by Crippen LogP contribution is 2.23. The number of hydrogen-bond acceptors (Lipinski definition) is 4. The van der Waals surface area contributed by atoms with Crippen molar-refractivity contribution in [2.45, 2.75) is 33.1 Å². The third kappa shape index (κ3) is 3.33. The molecule has 3 aromatic heterocycles. The van der Waals surface area contributed by atoms with Gasteiger partial charge < -0.3 is 10.3 Å². The van der Waals surface area contributed by atoms with Gasteiger partial charge in [-0.15, -0.1) is 10.2 Å². The first-order valence-electron chi connectivity index (χ1n) is 9.20. The third-order valence-corrected chi connectivity index (χ3v) is 4.89. The summed E-state index contributed by atoms with van der Waals surface area (Å²) in [5, 5.41) is 12.0. The summed E-state index contributed by atoms with van der Waals surface area (Å²) < 4.78 is 1.86. The van der Waals surface area contributed by atoms with Crippen molar-refractivity contribution in [3.63, 3.8) is 0 Å². The van der Waals surface area contributed by atoms with Crippen LogP contribution in [0.2, 0.25) is 5.02 Å². The van der Waals surface area contributed by atoms with E-state index in [9.17, 15) is 4.79 Å². The zero-order valence-electron chi connectivity index (χ0n) is 16.0. The van der Waals surface area contributed by atoms with E-state index in [1.165, 1.54) is 0 Å². The van der Waals surface area contributed by atoms with Gasteiger partial charge in [0.05, 0.1) is 16.1 Å². The lowest BCUT2D eigenvalue weighted by Gasteiger charge is -2.06. The summed E-state index contributed by atoms with van der Waals surface area (Å²) in [6.07, 6.45) is 2.45. The van der Waals surface area contributed by atoms with Crippen LogP contribution in [0, 0.1) is 6.92 Å². The smallest absolute Gasteiger partial charge is 0.255 e. The molecular weight excluding hydrogens is 376 g/mol. The fourth-order valence-electron chi connectivity index (χ4n) is 3.27. The van der Waals surface area contributed by atoms with E-state index < -0.39 is 0 Å². The van der Waals surface area contributed by atoms with Crippen molar-refractivity contribution in [2.75, 3.05) is 6.54 Å². The Labute approximate surface area is 167 Å². The van der Waals surface area contributed by atoms with E-state index >= 15 is 0 Å². The standard InChI is InChI=1S/C20H21ClN6O/c1-11(2)18-25-26-19-13(5-4-8-27(18)19)20(28)22-7-6-16-23-15-10-12(3)9-14(21)17(15)24-16/h4-5,8-11H,6-7H2,1-3H3,(H,22,28)(H,23,24). The number of imidazole rings is 1. The number of fused-ring (bicyclic) bond motifs is 2. The number of halogens is 1. The largest absolute Gasteiger partial charge is 0.351 e. The molecule has 0 saturated carbocycles. The van der Waals surface area contributed by atoms with Crippen LogP contribution in [0.3, 0.4) is 0 Å². The molecule has 28 heavy (non-hydrogen) atoms. The van der Waals surface area contributed by atoms with Crippen LogP contribution in [0.15, 0.2) is 30.5 Å². The van der Waals surface area contributed by atoms with Crippen molar-refractivity contribution >= 4 is 34.2 Å². The Kier molecular flexibility index (Phi) is 4.77. The van der Waals surface area contributed by atoms with E-state index in [1.807, 2.05) is 49.6 Å². The highest BCUT2D eigenvalue weighted by Gasteiger charge is 2.16. The van der Waals surface area contributed by atoms with E-state index in [0.29, 0.717) is 29.2 Å². The van der Waals surface area contributed by atoms with E-state index in [0.717, 1.165) is 28.2 Å². The molecule has 3 heterocycles. The van der Waals surface area contributed by atoms with Gasteiger partial charge in [-0.05, 0) is 36.8 Å². The number of carbonyl (C=O) groups is 1. The predicted octanol–water partition coefficient (Wildman–Crippen LogP) is 3.66. The normalized spacial score (nSPS) is 11.6. The summed E-state index contributed by atoms with van der Waals surface area (Å²) in [7, 11) is 0. The summed E-state index contributed by atoms with van der Waals surface area (Å²) in [5.41, 5.74) is 3.80. The molecule has 0 aliphatic carbocycles. The van der Waals surface area contributed by atoms with Crippen LogP contribution < -0.4 is 5.32 Å². The molecule has 1 amide bonds. The maximum absolute atomic E-state index is 12.7. The van der Waals surface area contributed by atoms with Crippen LogP contribution in [-0.2, 0) is 6.42 Å². The number of hydrogen-bond donors (Lipinski definition) is 2. The van der Waals surface area contributed by atoms with Gasteiger partial charge in [0.15, 0.2) is 5.65 Å². The maximum Gasteiger partial charge on any atom is 0.255 e. The molecule has 0 saturated heterocycles. The molecule has 0 radical (unpaired) electrons. The number of pyridine rings is 1. The van der Waals surface area contributed by atoms with Gasteiger partial charge in [-0.1, -0.05) is 25.4 Å². The number of nitrogens with one attached hydrogen (secondary N) is 2. The molecule has 0 bridgehead atoms. The minimum atomic E-state index is -0.182. The summed E-state index contributed by atoms with van der Waals surface area (Å²) in [5.74, 6) is 1.65. The number of aromatic amines is 1. The van der Waals surface area contributed by atoms with Crippen molar-refractivity contribution in [1.29, 1.82) is 0 Å². The lowest BCUT2D eigenvalue weighted by molar-refractivity contribution is 0.0955. The van der Waals surface area contributed by atoms with Gasteiger partial charge in [0.1, 0.15) is 17.2 Å². The quantitative estimate of drug-likeness (QED) is 0.538. The summed E-state index contributed by atoms with van der Waals surface area (Å²) >= 11 is 6.25. The fraction of sp³-hybridized carbons (Fsp3) is 0.300. The molecule has 0 aliphatic heterocycles. The van der Waals surface area contributed by atoms with Crippen molar-refractivity contribution in [2.24, 2.45) is 0 Å². The molecule has 4 rings (SSSR count). The minimum absolute atomic E-state index is 0.182. The Bertz CT molecular complexity index is 1180. The van der Waals surface area contributed by atoms with Gasteiger partial charge in [-0.3, -0.25) is 9.20 Å². The number of nitrogens with zero attached hydrogens (tertiary/aromatic N) is 4. The molecule has 0 unspecified atom stereocenters. The molecule has 0 fully saturated rings. The zero-order chi connectivity index (χ0) is 19.8. The molecular formula is C20H21ClN6O. The van der Waals surface area contributed by atoms with Crippen LogP contribution in [-0.4, -0.2) is 37.0 Å².